The minimum absolute atomic E-state index is 0.0460. The molecule has 1 heterocycles. The Hall–Kier alpha value is -4.19. The summed E-state index contributed by atoms with van der Waals surface area (Å²) >= 11 is 0. The van der Waals surface area contributed by atoms with Crippen LogP contribution >= 0.6 is 7.37 Å². The monoisotopic (exact) mass is 1170 g/mol. The second-order valence-corrected chi connectivity index (χ2v) is 25.5. The van der Waals surface area contributed by atoms with Crippen LogP contribution in [-0.4, -0.2) is 74.0 Å². The van der Waals surface area contributed by atoms with Gasteiger partial charge in [0.1, 0.15) is 31.0 Å². The van der Waals surface area contributed by atoms with Crippen molar-refractivity contribution in [3.8, 4) is 0 Å². The van der Waals surface area contributed by atoms with E-state index in [1.807, 2.05) is 30.3 Å². The molecule has 0 saturated carbocycles. The Morgan fingerprint density at radius 1 is 0.578 bits per heavy atom. The summed E-state index contributed by atoms with van der Waals surface area (Å²) in [5, 5.41) is 3.76. The number of alkyl halides is 1. The van der Waals surface area contributed by atoms with Crippen molar-refractivity contribution in [1.29, 1.82) is 0 Å². The number of nitrogens with one attached hydrogen (secondary N) is 1. The molecule has 3 aromatic rings. The maximum Gasteiger partial charge on any atom is 0.310 e. The Balaban J connectivity index is 1.63. The topological polar surface area (TPSA) is 136 Å². The van der Waals surface area contributed by atoms with Crippen LogP contribution in [0.3, 0.4) is 0 Å². The fourth-order valence-electron chi connectivity index (χ4n) is 11.1. The Kier molecular flexibility index (Phi) is 38.8. The van der Waals surface area contributed by atoms with Crippen molar-refractivity contribution in [2.24, 2.45) is 0 Å². The van der Waals surface area contributed by atoms with Crippen molar-refractivity contribution in [3.05, 3.63) is 109 Å². The molecule has 1 fully saturated rings. The molecular weight excluding hydrogens is 1060 g/mol. The lowest BCUT2D eigenvalue weighted by molar-refractivity contribution is -0.263. The van der Waals surface area contributed by atoms with E-state index < -0.39 is 68.8 Å². The summed E-state index contributed by atoms with van der Waals surface area (Å²) in [7, 11) is -4.12. The van der Waals surface area contributed by atoms with Gasteiger partial charge in [-0.25, -0.2) is 4.39 Å². The van der Waals surface area contributed by atoms with Crippen LogP contribution in [0.25, 0.3) is 0 Å². The predicted molar refractivity (Wildman–Crippen MR) is 336 cm³/mol. The fourth-order valence-corrected chi connectivity index (χ4v) is 13.3. The van der Waals surface area contributed by atoms with Gasteiger partial charge in [-0.15, -0.1) is 6.58 Å². The Labute approximate surface area is 501 Å². The number of hydrogen-bond acceptors (Lipinski definition) is 10. The highest BCUT2D eigenvalue weighted by Gasteiger charge is 2.53. The summed E-state index contributed by atoms with van der Waals surface area (Å²) < 4.78 is 70.1. The van der Waals surface area contributed by atoms with Gasteiger partial charge in [0.2, 0.25) is 5.91 Å². The number of hydrogen-bond donors (Lipinski definition) is 1. The second kappa shape index (κ2) is 45.2. The largest absolute Gasteiger partial charge is 0.462 e. The molecule has 0 radical (unpaired) electrons. The lowest BCUT2D eigenvalue weighted by Gasteiger charge is -2.46. The van der Waals surface area contributed by atoms with Crippen molar-refractivity contribution >= 4 is 35.8 Å². The lowest BCUT2D eigenvalue weighted by atomic mass is 9.96. The molecule has 83 heavy (non-hydrogen) atoms. The van der Waals surface area contributed by atoms with Gasteiger partial charge in [0.05, 0.1) is 32.2 Å². The SMILES string of the molecule is C=CCO[C@H]1O[C@H](CF)[C@@H](OP(=O)(c2ccccc2)c2ccccc2)[C@H](OC(=O)C[C@@H](CCCCCCCCCCC)OC(=O)CCCCCCCCCCCCC)[C@H]1NC(=O)C[C@@H](CCCCCCCCCCC)OCc1ccccc1. The minimum atomic E-state index is -4.12. The van der Waals surface area contributed by atoms with E-state index in [0.29, 0.717) is 36.5 Å². The van der Waals surface area contributed by atoms with E-state index in [1.165, 1.54) is 122 Å². The summed E-state index contributed by atoms with van der Waals surface area (Å²) in [5.41, 5.74) is 0.977. The van der Waals surface area contributed by atoms with E-state index in [9.17, 15) is 14.4 Å². The zero-order chi connectivity index (χ0) is 59.4. The normalized spacial score (nSPS) is 17.9. The van der Waals surface area contributed by atoms with Crippen LogP contribution in [0, 0.1) is 0 Å². The molecule has 13 heteroatoms. The molecular formula is C70H109FNO10P. The molecule has 0 spiro atoms. The maximum atomic E-state index is 15.8. The number of carbonyl (C=O) groups is 3. The quantitative estimate of drug-likeness (QED) is 0.0252. The maximum absolute atomic E-state index is 15.8. The fraction of sp³-hybridized carbons (Fsp3) is 0.671. The molecule has 0 aromatic heterocycles. The van der Waals surface area contributed by atoms with Gasteiger partial charge in [-0.1, -0.05) is 267 Å². The second-order valence-electron chi connectivity index (χ2n) is 23.1. The highest BCUT2D eigenvalue weighted by molar-refractivity contribution is 7.74. The standard InChI is InChI=1S/C70H109FNO10P/c1-5-9-12-15-18-21-22-25-28-31-43-52-65(74)79-60(47-38-30-27-24-20-17-14-11-7-3)55-66(75)81-69-67(72-64(73)54-59(78-57-58-44-35-32-36-45-58)46-37-29-26-23-19-16-13-10-6-2)70(77-53-8-4)80-63(56-71)68(69)82-83(76,61-48-39-33-40-49-61)62-50-41-34-42-51-62/h8,32-36,39-42,44-45,48-51,59-60,63,67-70H,4-7,9-31,37-38,43,46-47,52-57H2,1-3H3,(H,72,73)/t59-,60-,63-,67-,68-,69-,70+/m1/s1. The number of unbranched alkanes of at least 4 members (excludes halogenated alkanes) is 26. The first-order valence-corrected chi connectivity index (χ1v) is 34.4. The van der Waals surface area contributed by atoms with Gasteiger partial charge in [0.15, 0.2) is 12.4 Å². The zero-order valence-electron chi connectivity index (χ0n) is 51.6. The third-order valence-corrected chi connectivity index (χ3v) is 18.4. The number of esters is 2. The average Bonchev–Trinajstić information content (AvgIpc) is 3.56. The van der Waals surface area contributed by atoms with Crippen LogP contribution < -0.4 is 15.9 Å². The summed E-state index contributed by atoms with van der Waals surface area (Å²) in [6.07, 6.45) is 28.3. The summed E-state index contributed by atoms with van der Waals surface area (Å²) in [4.78, 5) is 43.2. The Morgan fingerprint density at radius 3 is 1.49 bits per heavy atom. The molecule has 466 valence electrons. The van der Waals surface area contributed by atoms with Crippen LogP contribution in [0.4, 0.5) is 4.39 Å². The summed E-state index contributed by atoms with van der Waals surface area (Å²) in [6, 6.07) is 25.9. The van der Waals surface area contributed by atoms with E-state index in [-0.39, 0.29) is 31.8 Å². The number of amides is 1. The third kappa shape index (κ3) is 29.6. The zero-order valence-corrected chi connectivity index (χ0v) is 52.5. The van der Waals surface area contributed by atoms with Gasteiger partial charge in [-0.3, -0.25) is 18.9 Å². The smallest absolute Gasteiger partial charge is 0.310 e. The van der Waals surface area contributed by atoms with Crippen LogP contribution in [0.5, 0.6) is 0 Å². The summed E-state index contributed by atoms with van der Waals surface area (Å²) in [5.74, 6) is -1.55. The molecule has 0 bridgehead atoms. The number of benzene rings is 3. The molecule has 1 saturated heterocycles. The molecule has 11 nitrogen and oxygen atoms in total. The Bertz CT molecular complexity index is 2130. The molecule has 0 unspecified atom stereocenters. The molecule has 3 aromatic carbocycles. The Morgan fingerprint density at radius 2 is 1.02 bits per heavy atom. The molecule has 0 aliphatic carbocycles. The van der Waals surface area contributed by atoms with Crippen molar-refractivity contribution in [3.63, 3.8) is 0 Å². The molecule has 1 amide bonds. The first kappa shape index (κ1) is 71.3. The number of ether oxygens (including phenoxy) is 5. The predicted octanol–water partition coefficient (Wildman–Crippen LogP) is 17.4. The molecule has 1 aliphatic heterocycles. The average molecular weight is 1170 g/mol. The third-order valence-electron chi connectivity index (χ3n) is 15.9. The van der Waals surface area contributed by atoms with Crippen molar-refractivity contribution in [2.75, 3.05) is 13.3 Å². The van der Waals surface area contributed by atoms with Crippen LogP contribution in [-0.2, 0) is 53.8 Å². The molecule has 1 aliphatic rings. The number of carbonyl (C=O) groups excluding carboxylic acids is 3. The van der Waals surface area contributed by atoms with E-state index in [1.54, 1.807) is 60.7 Å². The van der Waals surface area contributed by atoms with Gasteiger partial charge < -0.3 is 33.5 Å². The van der Waals surface area contributed by atoms with Gasteiger partial charge in [-0.05, 0) is 55.5 Å². The van der Waals surface area contributed by atoms with Crippen molar-refractivity contribution in [1.82, 2.24) is 5.32 Å². The first-order valence-electron chi connectivity index (χ1n) is 32.8. The van der Waals surface area contributed by atoms with Gasteiger partial charge in [0.25, 0.3) is 7.37 Å². The van der Waals surface area contributed by atoms with Crippen molar-refractivity contribution in [2.45, 2.75) is 289 Å². The van der Waals surface area contributed by atoms with Crippen LogP contribution in [0.2, 0.25) is 0 Å². The molecule has 4 rings (SSSR count). The van der Waals surface area contributed by atoms with E-state index >= 15 is 8.96 Å². The van der Waals surface area contributed by atoms with Crippen LogP contribution in [0.15, 0.2) is 104 Å². The van der Waals surface area contributed by atoms with Crippen molar-refractivity contribution < 1.29 is 51.5 Å². The van der Waals surface area contributed by atoms with E-state index in [4.69, 9.17) is 28.2 Å². The molecule has 1 N–H and O–H groups in total. The van der Waals surface area contributed by atoms with E-state index in [2.05, 4.69) is 32.7 Å². The van der Waals surface area contributed by atoms with Gasteiger partial charge in [0, 0.05) is 17.0 Å². The minimum Gasteiger partial charge on any atom is -0.462 e. The summed E-state index contributed by atoms with van der Waals surface area (Å²) in [6.45, 7) is 9.63. The highest BCUT2D eigenvalue weighted by Crippen LogP contribution is 2.48. The van der Waals surface area contributed by atoms with Gasteiger partial charge in [-0.2, -0.15) is 0 Å². The van der Waals surface area contributed by atoms with Crippen LogP contribution in [0.1, 0.15) is 245 Å². The first-order chi connectivity index (χ1) is 40.6. The van der Waals surface area contributed by atoms with Gasteiger partial charge >= 0.3 is 11.9 Å². The van der Waals surface area contributed by atoms with E-state index in [0.717, 1.165) is 69.8 Å². The number of rotatable bonds is 50. The molecule has 7 atom stereocenters. The lowest BCUT2D eigenvalue weighted by Crippen LogP contribution is -2.66. The number of halogens is 1. The highest BCUT2D eigenvalue weighted by atomic mass is 31.2.